The van der Waals surface area contributed by atoms with Gasteiger partial charge in [-0.3, -0.25) is 9.69 Å². The van der Waals surface area contributed by atoms with Crippen LogP contribution in [0.5, 0.6) is 0 Å². The van der Waals surface area contributed by atoms with Gasteiger partial charge in [0.1, 0.15) is 6.04 Å². The van der Waals surface area contributed by atoms with Crippen LogP contribution in [0.1, 0.15) is 56.0 Å². The minimum Gasteiger partial charge on any atom is -0.349 e. The van der Waals surface area contributed by atoms with Crippen molar-refractivity contribution in [1.29, 1.82) is 0 Å². The highest BCUT2D eigenvalue weighted by Crippen LogP contribution is 2.32. The van der Waals surface area contributed by atoms with E-state index in [2.05, 4.69) is 53.5 Å². The van der Waals surface area contributed by atoms with Crippen LogP contribution in [0.3, 0.4) is 0 Å². The molecule has 1 unspecified atom stereocenters. The molecule has 24 heavy (non-hydrogen) atoms. The van der Waals surface area contributed by atoms with E-state index in [0.29, 0.717) is 18.6 Å². The van der Waals surface area contributed by atoms with Gasteiger partial charge in [-0.05, 0) is 39.1 Å². The second-order valence-electron chi connectivity index (χ2n) is 6.86. The minimum atomic E-state index is -0.265. The fourth-order valence-corrected chi connectivity index (χ4v) is 3.99. The van der Waals surface area contributed by atoms with Gasteiger partial charge in [-0.25, -0.2) is 4.98 Å². The van der Waals surface area contributed by atoms with Crippen LogP contribution in [0.2, 0.25) is 0 Å². The maximum atomic E-state index is 13.1. The van der Waals surface area contributed by atoms with Gasteiger partial charge in [0.2, 0.25) is 5.91 Å². The largest absolute Gasteiger partial charge is 0.349 e. The Morgan fingerprint density at radius 1 is 1.38 bits per heavy atom. The molecule has 0 fully saturated rings. The Morgan fingerprint density at radius 2 is 2.17 bits per heavy atom. The summed E-state index contributed by atoms with van der Waals surface area (Å²) in [5.41, 5.74) is 2.13. The van der Waals surface area contributed by atoms with E-state index >= 15 is 0 Å². The van der Waals surface area contributed by atoms with Crippen LogP contribution in [0.25, 0.3) is 0 Å². The Labute approximate surface area is 147 Å². The molecule has 0 spiro atoms. The van der Waals surface area contributed by atoms with Gasteiger partial charge in [0.25, 0.3) is 0 Å². The molecule has 0 saturated heterocycles. The second-order valence-corrected chi connectivity index (χ2v) is 7.89. The molecule has 6 heteroatoms. The predicted molar refractivity (Wildman–Crippen MR) is 97.1 cm³/mol. The summed E-state index contributed by atoms with van der Waals surface area (Å²) >= 11 is 1.67. The average Bonchev–Trinajstić information content (AvgIpc) is 3.20. The van der Waals surface area contributed by atoms with E-state index in [0.717, 1.165) is 24.4 Å². The predicted octanol–water partition coefficient (Wildman–Crippen LogP) is 3.15. The number of hydrogen-bond acceptors (Lipinski definition) is 4. The third-order valence-electron chi connectivity index (χ3n) is 4.59. The van der Waals surface area contributed by atoms with E-state index in [-0.39, 0.29) is 11.9 Å². The first kappa shape index (κ1) is 17.2. The summed E-state index contributed by atoms with van der Waals surface area (Å²) in [6, 6.07) is 4.40. The van der Waals surface area contributed by atoms with Gasteiger partial charge in [0.15, 0.2) is 0 Å². The lowest BCUT2D eigenvalue weighted by Crippen LogP contribution is -2.48. The molecule has 130 valence electrons. The zero-order valence-electron chi connectivity index (χ0n) is 14.8. The van der Waals surface area contributed by atoms with Crippen molar-refractivity contribution < 1.29 is 4.79 Å². The summed E-state index contributed by atoms with van der Waals surface area (Å²) in [5, 5.41) is 5.16. The molecule has 5 nitrogen and oxygen atoms in total. The number of aromatic nitrogens is 2. The number of amides is 1. The highest BCUT2D eigenvalue weighted by molar-refractivity contribution is 7.09. The quantitative estimate of drug-likeness (QED) is 0.905. The number of carbonyl (C=O) groups is 1. The third-order valence-corrected chi connectivity index (χ3v) is 5.47. The highest BCUT2D eigenvalue weighted by atomic mass is 32.1. The van der Waals surface area contributed by atoms with Crippen molar-refractivity contribution in [2.75, 3.05) is 6.54 Å². The van der Waals surface area contributed by atoms with Gasteiger partial charge < -0.3 is 9.88 Å². The molecule has 0 bridgehead atoms. The summed E-state index contributed by atoms with van der Waals surface area (Å²) in [7, 11) is 0. The third kappa shape index (κ3) is 3.26. The van der Waals surface area contributed by atoms with E-state index in [1.165, 1.54) is 4.88 Å². The number of nitrogens with zero attached hydrogens (tertiary/aromatic N) is 3. The van der Waals surface area contributed by atoms with Crippen LogP contribution in [-0.4, -0.2) is 32.9 Å². The lowest BCUT2D eigenvalue weighted by Gasteiger charge is -2.38. The number of fused-ring (bicyclic) bond motifs is 1. The van der Waals surface area contributed by atoms with Gasteiger partial charge in [-0.2, -0.15) is 0 Å². The maximum Gasteiger partial charge on any atom is 0.243 e. The van der Waals surface area contributed by atoms with Gasteiger partial charge in [-0.1, -0.05) is 6.07 Å². The van der Waals surface area contributed by atoms with Crippen molar-refractivity contribution in [2.24, 2.45) is 0 Å². The molecule has 3 heterocycles. The molecule has 0 saturated carbocycles. The van der Waals surface area contributed by atoms with E-state index in [4.69, 9.17) is 0 Å². The average molecular weight is 347 g/mol. The number of nitrogens with one attached hydrogen (secondary N) is 1. The number of thiophene rings is 1. The molecule has 1 N–H and O–H groups in total. The summed E-state index contributed by atoms with van der Waals surface area (Å²) in [5.74, 6) is 0.0699. The normalized spacial score (nSPS) is 18.2. The van der Waals surface area contributed by atoms with Crippen molar-refractivity contribution >= 4 is 17.2 Å². The molecule has 1 atom stereocenters. The van der Waals surface area contributed by atoms with Crippen molar-refractivity contribution in [3.05, 3.63) is 40.1 Å². The standard InChI is InChI=1S/C18H26N4OS/c1-12(2)21-8-7-15-16(22(11-20-15)13(3)4)17(21)18(23)19-10-14-6-5-9-24-14/h5-6,9,11-13,17H,7-8,10H2,1-4H3,(H,19,23). The second kappa shape index (κ2) is 7.07. The molecule has 2 aromatic rings. The molecule has 1 amide bonds. The zero-order valence-corrected chi connectivity index (χ0v) is 15.6. The maximum absolute atomic E-state index is 13.1. The SMILES string of the molecule is CC(C)N1CCc2ncn(C(C)C)c2C1C(=O)NCc1cccs1. The molecule has 1 aliphatic rings. The van der Waals surface area contributed by atoms with Crippen molar-refractivity contribution in [3.8, 4) is 0 Å². The van der Waals surface area contributed by atoms with E-state index in [1.807, 2.05) is 17.8 Å². The smallest absolute Gasteiger partial charge is 0.243 e. The van der Waals surface area contributed by atoms with Crippen LogP contribution in [0, 0.1) is 0 Å². The molecule has 3 rings (SSSR count). The van der Waals surface area contributed by atoms with E-state index < -0.39 is 0 Å². The van der Waals surface area contributed by atoms with Crippen LogP contribution in [-0.2, 0) is 17.8 Å². The molecule has 2 aromatic heterocycles. The molecular formula is C18H26N4OS. The topological polar surface area (TPSA) is 50.2 Å². The highest BCUT2D eigenvalue weighted by Gasteiger charge is 2.37. The molecule has 1 aliphatic heterocycles. The Morgan fingerprint density at radius 3 is 2.79 bits per heavy atom. The van der Waals surface area contributed by atoms with Gasteiger partial charge in [0, 0.05) is 29.9 Å². The number of carbonyl (C=O) groups excluding carboxylic acids is 1. The summed E-state index contributed by atoms with van der Waals surface area (Å²) in [6.07, 6.45) is 2.79. The minimum absolute atomic E-state index is 0.0699. The lowest BCUT2D eigenvalue weighted by molar-refractivity contribution is -0.128. The zero-order chi connectivity index (χ0) is 17.3. The first-order chi connectivity index (χ1) is 11.5. The van der Waals surface area contributed by atoms with Gasteiger partial charge in [-0.15, -0.1) is 11.3 Å². The first-order valence-electron chi connectivity index (χ1n) is 8.60. The van der Waals surface area contributed by atoms with Crippen molar-refractivity contribution in [3.63, 3.8) is 0 Å². The van der Waals surface area contributed by atoms with Crippen molar-refractivity contribution in [2.45, 2.75) is 58.8 Å². The van der Waals surface area contributed by atoms with Gasteiger partial charge >= 0.3 is 0 Å². The monoisotopic (exact) mass is 346 g/mol. The summed E-state index contributed by atoms with van der Waals surface area (Å²) < 4.78 is 2.15. The molecular weight excluding hydrogens is 320 g/mol. The Kier molecular flexibility index (Phi) is 5.06. The van der Waals surface area contributed by atoms with Crippen LogP contribution < -0.4 is 5.32 Å². The number of hydrogen-bond donors (Lipinski definition) is 1. The van der Waals surface area contributed by atoms with E-state index in [1.54, 1.807) is 11.3 Å². The Bertz CT molecular complexity index is 690. The number of rotatable bonds is 5. The van der Waals surface area contributed by atoms with E-state index in [9.17, 15) is 4.79 Å². The fourth-order valence-electron chi connectivity index (χ4n) is 3.35. The Hall–Kier alpha value is -1.66. The molecule has 0 aliphatic carbocycles. The summed E-state index contributed by atoms with van der Waals surface area (Å²) in [4.78, 5) is 21.1. The van der Waals surface area contributed by atoms with Crippen LogP contribution in [0.15, 0.2) is 23.8 Å². The molecule has 0 radical (unpaired) electrons. The van der Waals surface area contributed by atoms with Crippen LogP contribution >= 0.6 is 11.3 Å². The fraction of sp³-hybridized carbons (Fsp3) is 0.556. The lowest BCUT2D eigenvalue weighted by atomic mass is 9.99. The van der Waals surface area contributed by atoms with Crippen molar-refractivity contribution in [1.82, 2.24) is 19.8 Å². The van der Waals surface area contributed by atoms with Crippen LogP contribution in [0.4, 0.5) is 0 Å². The summed E-state index contributed by atoms with van der Waals surface area (Å²) in [6.45, 7) is 10.0. The van der Waals surface area contributed by atoms with Gasteiger partial charge in [0.05, 0.1) is 24.3 Å². The molecule has 0 aromatic carbocycles. The number of imidazole rings is 1. The Balaban J connectivity index is 1.89. The first-order valence-corrected chi connectivity index (χ1v) is 9.48.